The first-order valence-electron chi connectivity index (χ1n) is 8.04. The molecule has 0 aliphatic heterocycles. The van der Waals surface area contributed by atoms with Crippen molar-refractivity contribution in [1.82, 2.24) is 5.32 Å². The Kier molecular flexibility index (Phi) is 4.24. The van der Waals surface area contributed by atoms with Crippen molar-refractivity contribution in [1.29, 1.82) is 0 Å². The maximum absolute atomic E-state index is 11.9. The van der Waals surface area contributed by atoms with Crippen LogP contribution < -0.4 is 5.32 Å². The van der Waals surface area contributed by atoms with E-state index in [9.17, 15) is 14.7 Å². The lowest BCUT2D eigenvalue weighted by Crippen LogP contribution is -2.68. The Morgan fingerprint density at radius 1 is 1.14 bits per heavy atom. The molecule has 2 aliphatic carbocycles. The fraction of sp³-hybridized carbons (Fsp3) is 0.667. The minimum absolute atomic E-state index is 0.0586. The number of allylic oxidation sites excluding steroid dienone is 2. The van der Waals surface area contributed by atoms with E-state index in [2.05, 4.69) is 26.1 Å². The van der Waals surface area contributed by atoms with Crippen LogP contribution in [0.3, 0.4) is 0 Å². The summed E-state index contributed by atoms with van der Waals surface area (Å²) in [5, 5.41) is 12.8. The third kappa shape index (κ3) is 2.38. The van der Waals surface area contributed by atoms with Gasteiger partial charge in [-0.1, -0.05) is 57.9 Å². The van der Waals surface area contributed by atoms with Gasteiger partial charge in [-0.2, -0.15) is 0 Å². The first kappa shape index (κ1) is 16.8. The molecule has 0 bridgehead atoms. The standard InChI is InChI=1S/C18H27NO3/c1-13(20)19-18(12-6-5-9-14(18)15(21)22)17(4)11-8-7-10-16(17,2)3/h5-6,9,12,14H,7-8,10-11H2,1-4H3,(H,19,20)(H,21,22). The number of carboxylic acid groups (broad SMARTS) is 1. The second-order valence-corrected chi connectivity index (χ2v) is 7.53. The quantitative estimate of drug-likeness (QED) is 0.841. The number of amides is 1. The summed E-state index contributed by atoms with van der Waals surface area (Å²) in [4.78, 5) is 23.8. The van der Waals surface area contributed by atoms with Crippen molar-refractivity contribution in [3.63, 3.8) is 0 Å². The van der Waals surface area contributed by atoms with E-state index in [1.165, 1.54) is 6.92 Å². The lowest BCUT2D eigenvalue weighted by atomic mass is 9.47. The summed E-state index contributed by atoms with van der Waals surface area (Å²) in [7, 11) is 0. The molecular weight excluding hydrogens is 278 g/mol. The van der Waals surface area contributed by atoms with Gasteiger partial charge in [0.2, 0.25) is 5.91 Å². The third-order valence-corrected chi connectivity index (χ3v) is 6.05. The Balaban J connectivity index is 2.63. The zero-order valence-corrected chi connectivity index (χ0v) is 14.0. The zero-order chi connectivity index (χ0) is 16.6. The van der Waals surface area contributed by atoms with E-state index in [0.29, 0.717) is 0 Å². The number of aliphatic carboxylic acids is 1. The lowest BCUT2D eigenvalue weighted by Gasteiger charge is -2.60. The number of hydrogen-bond donors (Lipinski definition) is 2. The molecule has 0 saturated heterocycles. The summed E-state index contributed by atoms with van der Waals surface area (Å²) in [6, 6.07) is 0. The van der Waals surface area contributed by atoms with E-state index in [0.717, 1.165) is 25.7 Å². The van der Waals surface area contributed by atoms with Crippen molar-refractivity contribution >= 4 is 11.9 Å². The molecule has 1 amide bonds. The normalized spacial score (nSPS) is 36.8. The SMILES string of the molecule is CC(=O)NC1(C2(C)CCCCC2(C)C)C=CC=CC1C(=O)O. The fourth-order valence-electron chi connectivity index (χ4n) is 4.42. The minimum atomic E-state index is -0.892. The molecule has 0 aromatic carbocycles. The maximum Gasteiger partial charge on any atom is 0.313 e. The first-order valence-corrected chi connectivity index (χ1v) is 8.04. The van der Waals surface area contributed by atoms with Gasteiger partial charge in [0, 0.05) is 12.3 Å². The molecule has 0 spiro atoms. The summed E-state index contributed by atoms with van der Waals surface area (Å²) in [6.45, 7) is 8.00. The monoisotopic (exact) mass is 305 g/mol. The van der Waals surface area contributed by atoms with Crippen molar-refractivity contribution in [3.8, 4) is 0 Å². The Bertz CT molecular complexity index is 534. The Morgan fingerprint density at radius 2 is 1.77 bits per heavy atom. The van der Waals surface area contributed by atoms with Crippen molar-refractivity contribution in [2.24, 2.45) is 16.7 Å². The van der Waals surface area contributed by atoms with Gasteiger partial charge >= 0.3 is 5.97 Å². The lowest BCUT2D eigenvalue weighted by molar-refractivity contribution is -0.149. The Labute approximate surface area is 132 Å². The van der Waals surface area contributed by atoms with Gasteiger partial charge in [0.25, 0.3) is 0 Å². The van der Waals surface area contributed by atoms with Crippen LogP contribution >= 0.6 is 0 Å². The summed E-state index contributed by atoms with van der Waals surface area (Å²) < 4.78 is 0. The first-order chi connectivity index (χ1) is 10.2. The van der Waals surface area contributed by atoms with Crippen LogP contribution in [0.5, 0.6) is 0 Å². The number of hydrogen-bond acceptors (Lipinski definition) is 2. The topological polar surface area (TPSA) is 66.4 Å². The number of nitrogens with one attached hydrogen (secondary N) is 1. The van der Waals surface area contributed by atoms with Crippen LogP contribution in [0.15, 0.2) is 24.3 Å². The third-order valence-electron chi connectivity index (χ3n) is 6.05. The molecule has 22 heavy (non-hydrogen) atoms. The number of carboxylic acids is 1. The molecule has 0 heterocycles. The molecule has 3 unspecified atom stereocenters. The largest absolute Gasteiger partial charge is 0.481 e. The molecule has 4 nitrogen and oxygen atoms in total. The number of rotatable bonds is 3. The molecule has 2 rings (SSSR count). The summed E-state index contributed by atoms with van der Waals surface area (Å²) in [6.07, 6.45) is 11.4. The van der Waals surface area contributed by atoms with Gasteiger partial charge in [0.05, 0.1) is 5.54 Å². The highest BCUT2D eigenvalue weighted by Gasteiger charge is 2.60. The van der Waals surface area contributed by atoms with Crippen molar-refractivity contribution in [3.05, 3.63) is 24.3 Å². The van der Waals surface area contributed by atoms with E-state index < -0.39 is 17.4 Å². The van der Waals surface area contributed by atoms with Gasteiger partial charge in [-0.15, -0.1) is 0 Å². The van der Waals surface area contributed by atoms with Gasteiger partial charge in [-0.25, -0.2) is 0 Å². The van der Waals surface area contributed by atoms with Crippen LogP contribution in [0.2, 0.25) is 0 Å². The molecule has 1 fully saturated rings. The summed E-state index contributed by atoms with van der Waals surface area (Å²) >= 11 is 0. The predicted octanol–water partition coefficient (Wildman–Crippen LogP) is 3.29. The van der Waals surface area contributed by atoms with Crippen LogP contribution in [-0.2, 0) is 9.59 Å². The second-order valence-electron chi connectivity index (χ2n) is 7.53. The molecule has 0 aromatic heterocycles. The molecular formula is C18H27NO3. The highest BCUT2D eigenvalue weighted by atomic mass is 16.4. The van der Waals surface area contributed by atoms with Gasteiger partial charge in [0.15, 0.2) is 0 Å². The van der Waals surface area contributed by atoms with Gasteiger partial charge < -0.3 is 10.4 Å². The van der Waals surface area contributed by atoms with Crippen molar-refractivity contribution < 1.29 is 14.7 Å². The minimum Gasteiger partial charge on any atom is -0.481 e. The van der Waals surface area contributed by atoms with E-state index >= 15 is 0 Å². The van der Waals surface area contributed by atoms with Crippen LogP contribution in [0.1, 0.15) is 53.4 Å². The molecule has 122 valence electrons. The molecule has 2 aliphatic rings. The molecule has 4 heteroatoms. The van der Waals surface area contributed by atoms with Crippen molar-refractivity contribution in [2.75, 3.05) is 0 Å². The zero-order valence-electron chi connectivity index (χ0n) is 14.0. The van der Waals surface area contributed by atoms with Crippen LogP contribution in [0.4, 0.5) is 0 Å². The second kappa shape index (κ2) is 5.56. The molecule has 1 saturated carbocycles. The highest BCUT2D eigenvalue weighted by Crippen LogP contribution is 2.59. The van der Waals surface area contributed by atoms with Crippen LogP contribution in [0, 0.1) is 16.7 Å². The van der Waals surface area contributed by atoms with Crippen LogP contribution in [0.25, 0.3) is 0 Å². The van der Waals surface area contributed by atoms with Gasteiger partial charge in [-0.05, 0) is 18.3 Å². The van der Waals surface area contributed by atoms with Gasteiger partial charge in [0.1, 0.15) is 5.92 Å². The van der Waals surface area contributed by atoms with Crippen LogP contribution in [-0.4, -0.2) is 22.5 Å². The summed E-state index contributed by atoms with van der Waals surface area (Å²) in [5.74, 6) is -1.82. The van der Waals surface area contributed by atoms with Gasteiger partial charge in [-0.3, -0.25) is 9.59 Å². The maximum atomic E-state index is 11.9. The number of carbonyl (C=O) groups is 2. The Hall–Kier alpha value is -1.58. The fourth-order valence-corrected chi connectivity index (χ4v) is 4.42. The predicted molar refractivity (Wildman–Crippen MR) is 86.3 cm³/mol. The molecule has 3 atom stereocenters. The van der Waals surface area contributed by atoms with Crippen molar-refractivity contribution in [2.45, 2.75) is 58.9 Å². The highest BCUT2D eigenvalue weighted by molar-refractivity contribution is 5.80. The smallest absolute Gasteiger partial charge is 0.313 e. The molecule has 0 aromatic rings. The van der Waals surface area contributed by atoms with E-state index in [-0.39, 0.29) is 16.7 Å². The Morgan fingerprint density at radius 3 is 2.32 bits per heavy atom. The van der Waals surface area contributed by atoms with E-state index in [4.69, 9.17) is 0 Å². The number of carbonyl (C=O) groups excluding carboxylic acids is 1. The van der Waals surface area contributed by atoms with E-state index in [1.54, 1.807) is 12.2 Å². The molecule has 2 N–H and O–H groups in total. The molecule has 0 radical (unpaired) electrons. The van der Waals surface area contributed by atoms with E-state index in [1.807, 2.05) is 12.2 Å². The average molecular weight is 305 g/mol. The summed E-state index contributed by atoms with van der Waals surface area (Å²) in [5.41, 5.74) is -1.27. The average Bonchev–Trinajstić information content (AvgIpc) is 2.41.